The highest BCUT2D eigenvalue weighted by molar-refractivity contribution is 6.32. The number of hydrogen-bond donors (Lipinski definition) is 1. The van der Waals surface area contributed by atoms with Crippen LogP contribution in [0.3, 0.4) is 0 Å². The summed E-state index contributed by atoms with van der Waals surface area (Å²) in [6.45, 7) is 2.34. The van der Waals surface area contributed by atoms with Gasteiger partial charge in [-0.3, -0.25) is 9.78 Å². The fraction of sp³-hybridized carbons (Fsp3) is 0.0833. The molecule has 29 heavy (non-hydrogen) atoms. The number of halogens is 1. The summed E-state index contributed by atoms with van der Waals surface area (Å²) in [5, 5.41) is 12.4. The van der Waals surface area contributed by atoms with Crippen LogP contribution in [0, 0.1) is 6.92 Å². The first kappa shape index (κ1) is 19.0. The molecule has 0 saturated carbocycles. The maximum atomic E-state index is 10.9. The van der Waals surface area contributed by atoms with Gasteiger partial charge in [-0.1, -0.05) is 41.9 Å². The number of aldehydes is 1. The van der Waals surface area contributed by atoms with Crippen molar-refractivity contribution in [3.8, 4) is 22.6 Å². The summed E-state index contributed by atoms with van der Waals surface area (Å²) >= 11 is 6.17. The van der Waals surface area contributed by atoms with E-state index in [2.05, 4.69) is 36.2 Å². The molecule has 0 aliphatic rings. The number of carbonyl (C=O) groups excluding carboxylic acids is 1. The molecular formula is C24H18ClNO3. The van der Waals surface area contributed by atoms with Crippen LogP contribution >= 0.6 is 11.6 Å². The quantitative estimate of drug-likeness (QED) is 0.417. The minimum absolute atomic E-state index is 0.132. The maximum Gasteiger partial charge on any atom is 0.153 e. The van der Waals surface area contributed by atoms with Gasteiger partial charge in [0.1, 0.15) is 18.1 Å². The van der Waals surface area contributed by atoms with Gasteiger partial charge in [-0.25, -0.2) is 0 Å². The SMILES string of the molecule is Cc1c(COc2cc(O)c(C=O)cc2Cl)cccc1-c1ccc2cnccc2c1. The van der Waals surface area contributed by atoms with E-state index in [-0.39, 0.29) is 22.9 Å². The van der Waals surface area contributed by atoms with Crippen molar-refractivity contribution >= 4 is 28.7 Å². The molecule has 0 radical (unpaired) electrons. The number of hydrogen-bond acceptors (Lipinski definition) is 4. The number of aromatic nitrogens is 1. The second-order valence-corrected chi connectivity index (χ2v) is 7.18. The summed E-state index contributed by atoms with van der Waals surface area (Å²) in [6.07, 6.45) is 4.20. The molecule has 144 valence electrons. The van der Waals surface area contributed by atoms with Gasteiger partial charge in [0.05, 0.1) is 10.6 Å². The number of fused-ring (bicyclic) bond motifs is 1. The zero-order valence-electron chi connectivity index (χ0n) is 15.7. The number of ether oxygens (including phenoxy) is 1. The van der Waals surface area contributed by atoms with Crippen LogP contribution in [0.2, 0.25) is 5.02 Å². The first-order chi connectivity index (χ1) is 14.1. The topological polar surface area (TPSA) is 59.4 Å². The van der Waals surface area contributed by atoms with E-state index < -0.39 is 0 Å². The number of benzene rings is 3. The van der Waals surface area contributed by atoms with Gasteiger partial charge in [-0.2, -0.15) is 0 Å². The number of rotatable bonds is 5. The average molecular weight is 404 g/mol. The van der Waals surface area contributed by atoms with E-state index in [1.165, 1.54) is 12.1 Å². The largest absolute Gasteiger partial charge is 0.507 e. The predicted octanol–water partition coefficient (Wildman–Crippen LogP) is 5.96. The lowest BCUT2D eigenvalue weighted by molar-refractivity contribution is 0.112. The third-order valence-corrected chi connectivity index (χ3v) is 5.28. The van der Waals surface area contributed by atoms with Crippen molar-refractivity contribution in [3.63, 3.8) is 0 Å². The smallest absolute Gasteiger partial charge is 0.153 e. The van der Waals surface area contributed by atoms with Gasteiger partial charge in [-0.05, 0) is 52.8 Å². The fourth-order valence-electron chi connectivity index (χ4n) is 3.32. The average Bonchev–Trinajstić information content (AvgIpc) is 2.74. The van der Waals surface area contributed by atoms with Crippen LogP contribution in [0.15, 0.2) is 67.0 Å². The lowest BCUT2D eigenvalue weighted by atomic mass is 9.95. The summed E-state index contributed by atoms with van der Waals surface area (Å²) in [5.74, 6) is 0.174. The predicted molar refractivity (Wildman–Crippen MR) is 115 cm³/mol. The number of aromatic hydroxyl groups is 1. The van der Waals surface area contributed by atoms with Gasteiger partial charge < -0.3 is 9.84 Å². The minimum Gasteiger partial charge on any atom is -0.507 e. The molecule has 0 aliphatic heterocycles. The van der Waals surface area contributed by atoms with Gasteiger partial charge in [0.15, 0.2) is 6.29 Å². The van der Waals surface area contributed by atoms with E-state index in [0.717, 1.165) is 33.0 Å². The van der Waals surface area contributed by atoms with E-state index in [9.17, 15) is 9.90 Å². The number of phenolic OH excluding ortho intramolecular Hbond substituents is 1. The molecule has 1 aromatic heterocycles. The molecule has 0 saturated heterocycles. The summed E-state index contributed by atoms with van der Waals surface area (Å²) in [6, 6.07) is 17.1. The third kappa shape index (κ3) is 3.80. The fourth-order valence-corrected chi connectivity index (χ4v) is 3.55. The zero-order valence-corrected chi connectivity index (χ0v) is 16.5. The van der Waals surface area contributed by atoms with Gasteiger partial charge in [0.25, 0.3) is 0 Å². The van der Waals surface area contributed by atoms with Crippen LogP contribution in [-0.4, -0.2) is 16.4 Å². The number of pyridine rings is 1. The Balaban J connectivity index is 1.63. The third-order valence-electron chi connectivity index (χ3n) is 4.99. The van der Waals surface area contributed by atoms with Crippen LogP contribution in [0.1, 0.15) is 21.5 Å². The summed E-state index contributed by atoms with van der Waals surface area (Å²) < 4.78 is 5.83. The number of phenols is 1. The van der Waals surface area contributed by atoms with Gasteiger partial charge >= 0.3 is 0 Å². The molecule has 0 amide bonds. The van der Waals surface area contributed by atoms with Crippen molar-refractivity contribution in [1.82, 2.24) is 4.98 Å². The molecule has 0 fully saturated rings. The number of carbonyl (C=O) groups is 1. The standard InChI is InChI=1S/C24H18ClNO3/c1-15-19(14-29-24-11-23(28)20(13-27)10-22(24)25)3-2-4-21(15)17-5-6-18-12-26-8-7-16(18)9-17/h2-13,28H,14H2,1H3. The Kier molecular flexibility index (Phi) is 5.19. The van der Waals surface area contributed by atoms with Gasteiger partial charge in [0, 0.05) is 23.8 Å². The van der Waals surface area contributed by atoms with Gasteiger partial charge in [0.2, 0.25) is 0 Å². The van der Waals surface area contributed by atoms with Gasteiger partial charge in [-0.15, -0.1) is 0 Å². The van der Waals surface area contributed by atoms with Crippen LogP contribution in [0.25, 0.3) is 21.9 Å². The first-order valence-corrected chi connectivity index (χ1v) is 9.48. The molecule has 0 bridgehead atoms. The highest BCUT2D eigenvalue weighted by Gasteiger charge is 2.11. The zero-order chi connectivity index (χ0) is 20.4. The Labute approximate surface area is 173 Å². The summed E-state index contributed by atoms with van der Waals surface area (Å²) in [5.41, 5.74) is 4.48. The second-order valence-electron chi connectivity index (χ2n) is 6.78. The molecule has 1 N–H and O–H groups in total. The number of nitrogens with zero attached hydrogens (tertiary/aromatic N) is 1. The second kappa shape index (κ2) is 7.94. The Morgan fingerprint density at radius 1 is 1.10 bits per heavy atom. The first-order valence-electron chi connectivity index (χ1n) is 9.10. The molecule has 1 heterocycles. The monoisotopic (exact) mass is 403 g/mol. The highest BCUT2D eigenvalue weighted by Crippen LogP contribution is 2.33. The summed E-state index contributed by atoms with van der Waals surface area (Å²) in [4.78, 5) is 15.1. The molecule has 4 rings (SSSR count). The van der Waals surface area contributed by atoms with Crippen molar-refractivity contribution < 1.29 is 14.6 Å². The maximum absolute atomic E-state index is 10.9. The van der Waals surface area contributed by atoms with Crippen LogP contribution < -0.4 is 4.74 Å². The van der Waals surface area contributed by atoms with E-state index in [4.69, 9.17) is 16.3 Å². The van der Waals surface area contributed by atoms with Crippen LogP contribution in [0.4, 0.5) is 0 Å². The normalized spacial score (nSPS) is 10.8. The molecule has 0 spiro atoms. The molecule has 4 nitrogen and oxygen atoms in total. The van der Waals surface area contributed by atoms with Crippen LogP contribution in [0.5, 0.6) is 11.5 Å². The summed E-state index contributed by atoms with van der Waals surface area (Å²) in [7, 11) is 0. The molecular weight excluding hydrogens is 386 g/mol. The van der Waals surface area contributed by atoms with E-state index in [1.54, 1.807) is 6.20 Å². The minimum atomic E-state index is -0.157. The van der Waals surface area contributed by atoms with E-state index in [0.29, 0.717) is 12.0 Å². The van der Waals surface area contributed by atoms with Crippen molar-refractivity contribution in [3.05, 3.63) is 88.7 Å². The Bertz CT molecular complexity index is 1220. The molecule has 4 aromatic rings. The van der Waals surface area contributed by atoms with E-state index >= 15 is 0 Å². The molecule has 0 unspecified atom stereocenters. The van der Waals surface area contributed by atoms with Crippen LogP contribution in [-0.2, 0) is 6.61 Å². The van der Waals surface area contributed by atoms with E-state index in [1.807, 2.05) is 24.4 Å². The molecule has 5 heteroatoms. The molecule has 0 atom stereocenters. The van der Waals surface area contributed by atoms with Crippen molar-refractivity contribution in [1.29, 1.82) is 0 Å². The van der Waals surface area contributed by atoms with Crippen molar-refractivity contribution in [2.75, 3.05) is 0 Å². The Hall–Kier alpha value is -3.37. The Morgan fingerprint density at radius 2 is 1.97 bits per heavy atom. The lowest BCUT2D eigenvalue weighted by Gasteiger charge is -2.14. The molecule has 0 aliphatic carbocycles. The Morgan fingerprint density at radius 3 is 2.79 bits per heavy atom. The molecule has 3 aromatic carbocycles. The van der Waals surface area contributed by atoms with Crippen molar-refractivity contribution in [2.45, 2.75) is 13.5 Å². The van der Waals surface area contributed by atoms with Crippen molar-refractivity contribution in [2.24, 2.45) is 0 Å². The lowest BCUT2D eigenvalue weighted by Crippen LogP contribution is -2.00. The highest BCUT2D eigenvalue weighted by atomic mass is 35.5.